The molecule has 5 nitrogen and oxygen atoms in total. The van der Waals surface area contributed by atoms with E-state index in [4.69, 9.17) is 0 Å². The van der Waals surface area contributed by atoms with E-state index in [2.05, 4.69) is 50.6 Å². The van der Waals surface area contributed by atoms with E-state index in [0.717, 1.165) is 22.6 Å². The maximum atomic E-state index is 4.68. The van der Waals surface area contributed by atoms with Crippen molar-refractivity contribution in [1.29, 1.82) is 0 Å². The minimum absolute atomic E-state index is 0.524. The number of rotatable bonds is 3. The lowest BCUT2D eigenvalue weighted by Crippen LogP contribution is -2.45. The maximum Gasteiger partial charge on any atom is 0.225 e. The molecule has 1 unspecified atom stereocenters. The molecule has 108 valence electrons. The topological polar surface area (TPSA) is 44.3 Å². The van der Waals surface area contributed by atoms with Crippen molar-refractivity contribution < 1.29 is 0 Å². The Morgan fingerprint density at radius 3 is 3.05 bits per heavy atom. The zero-order valence-electron chi connectivity index (χ0n) is 12.3. The van der Waals surface area contributed by atoms with Crippen LogP contribution in [-0.4, -0.2) is 55.1 Å². The zero-order valence-corrected chi connectivity index (χ0v) is 13.1. The maximum absolute atomic E-state index is 4.68. The molecule has 3 rings (SSSR count). The number of piperidine rings is 1. The molecule has 3 heterocycles. The molecule has 0 spiro atoms. The smallest absolute Gasteiger partial charge is 0.225 e. The lowest BCUT2D eigenvalue weighted by atomic mass is 10.0. The molecule has 1 aliphatic rings. The highest BCUT2D eigenvalue weighted by molar-refractivity contribution is 7.16. The quantitative estimate of drug-likeness (QED) is 0.940. The van der Waals surface area contributed by atoms with Gasteiger partial charge in [-0.05, 0) is 37.9 Å². The first-order chi connectivity index (χ1) is 9.69. The van der Waals surface area contributed by atoms with Crippen LogP contribution in [-0.2, 0) is 0 Å². The molecular weight excluding hydrogens is 270 g/mol. The van der Waals surface area contributed by atoms with Gasteiger partial charge in [0.15, 0.2) is 0 Å². The predicted molar refractivity (Wildman–Crippen MR) is 85.9 cm³/mol. The summed E-state index contributed by atoms with van der Waals surface area (Å²) in [6.45, 7) is 2.30. The molecule has 1 aliphatic heterocycles. The van der Waals surface area contributed by atoms with Crippen LogP contribution in [0.15, 0.2) is 11.4 Å². The van der Waals surface area contributed by atoms with E-state index in [0.29, 0.717) is 12.0 Å². The Labute approximate surface area is 123 Å². The number of fused-ring (bicyclic) bond motifs is 1. The Balaban J connectivity index is 1.97. The molecule has 20 heavy (non-hydrogen) atoms. The summed E-state index contributed by atoms with van der Waals surface area (Å²) in [6, 6.07) is 2.65. The van der Waals surface area contributed by atoms with Crippen molar-refractivity contribution in [3.63, 3.8) is 0 Å². The second-order valence-corrected chi connectivity index (χ2v) is 6.32. The van der Waals surface area contributed by atoms with Crippen LogP contribution in [0.25, 0.3) is 10.2 Å². The van der Waals surface area contributed by atoms with Crippen molar-refractivity contribution in [2.45, 2.75) is 18.9 Å². The third kappa shape index (κ3) is 2.45. The summed E-state index contributed by atoms with van der Waals surface area (Å²) < 4.78 is 0. The van der Waals surface area contributed by atoms with Crippen LogP contribution in [0.2, 0.25) is 0 Å². The Bertz CT molecular complexity index is 596. The van der Waals surface area contributed by atoms with Gasteiger partial charge < -0.3 is 15.1 Å². The van der Waals surface area contributed by atoms with Gasteiger partial charge in [0, 0.05) is 26.7 Å². The SMILES string of the molecule is CNc1nc(N(C)C2CCCN(C)C2)c2ccsc2n1. The Morgan fingerprint density at radius 1 is 1.45 bits per heavy atom. The van der Waals surface area contributed by atoms with Gasteiger partial charge in [-0.15, -0.1) is 11.3 Å². The van der Waals surface area contributed by atoms with Gasteiger partial charge in [0.2, 0.25) is 5.95 Å². The van der Waals surface area contributed by atoms with E-state index < -0.39 is 0 Å². The van der Waals surface area contributed by atoms with Crippen molar-refractivity contribution >= 4 is 33.3 Å². The van der Waals surface area contributed by atoms with Crippen LogP contribution >= 0.6 is 11.3 Å². The molecule has 1 atom stereocenters. The summed E-state index contributed by atoms with van der Waals surface area (Å²) >= 11 is 1.67. The minimum atomic E-state index is 0.524. The molecule has 0 aliphatic carbocycles. The fraction of sp³-hybridized carbons (Fsp3) is 0.571. The predicted octanol–water partition coefficient (Wildman–Crippen LogP) is 2.26. The monoisotopic (exact) mass is 291 g/mol. The second kappa shape index (κ2) is 5.54. The Kier molecular flexibility index (Phi) is 3.76. The van der Waals surface area contributed by atoms with E-state index in [1.807, 2.05) is 7.05 Å². The largest absolute Gasteiger partial charge is 0.357 e. The van der Waals surface area contributed by atoms with Gasteiger partial charge in [-0.25, -0.2) is 4.98 Å². The van der Waals surface area contributed by atoms with E-state index in [1.165, 1.54) is 19.4 Å². The fourth-order valence-electron chi connectivity index (χ4n) is 2.85. The molecule has 2 aromatic heterocycles. The van der Waals surface area contributed by atoms with E-state index in [1.54, 1.807) is 11.3 Å². The van der Waals surface area contributed by atoms with Crippen LogP contribution in [0.3, 0.4) is 0 Å². The van der Waals surface area contributed by atoms with Gasteiger partial charge >= 0.3 is 0 Å². The van der Waals surface area contributed by atoms with Gasteiger partial charge in [0.05, 0.1) is 5.39 Å². The van der Waals surface area contributed by atoms with Gasteiger partial charge in [-0.2, -0.15) is 4.98 Å². The highest BCUT2D eigenvalue weighted by Crippen LogP contribution is 2.30. The number of likely N-dealkylation sites (N-methyl/N-ethyl adjacent to an activating group) is 2. The number of hydrogen-bond acceptors (Lipinski definition) is 6. The van der Waals surface area contributed by atoms with Gasteiger partial charge in [0.25, 0.3) is 0 Å². The van der Waals surface area contributed by atoms with Crippen molar-refractivity contribution in [2.75, 3.05) is 44.4 Å². The average Bonchev–Trinajstić information content (AvgIpc) is 2.93. The van der Waals surface area contributed by atoms with Crippen molar-refractivity contribution in [1.82, 2.24) is 14.9 Å². The molecule has 0 bridgehead atoms. The highest BCUT2D eigenvalue weighted by atomic mass is 32.1. The van der Waals surface area contributed by atoms with E-state index in [-0.39, 0.29) is 0 Å². The lowest BCUT2D eigenvalue weighted by molar-refractivity contribution is 0.247. The number of thiophene rings is 1. The van der Waals surface area contributed by atoms with Crippen LogP contribution in [0.4, 0.5) is 11.8 Å². The second-order valence-electron chi connectivity index (χ2n) is 5.43. The normalized spacial score (nSPS) is 20.2. The first-order valence-electron chi connectivity index (χ1n) is 7.03. The van der Waals surface area contributed by atoms with Crippen LogP contribution < -0.4 is 10.2 Å². The Morgan fingerprint density at radius 2 is 2.30 bits per heavy atom. The molecular formula is C14H21N5S. The number of aromatic nitrogens is 2. The van der Waals surface area contributed by atoms with Crippen LogP contribution in [0.1, 0.15) is 12.8 Å². The highest BCUT2D eigenvalue weighted by Gasteiger charge is 2.24. The molecule has 0 radical (unpaired) electrons. The number of nitrogens with one attached hydrogen (secondary N) is 1. The molecule has 0 amide bonds. The standard InChI is InChI=1S/C14H21N5S/c1-15-14-16-12(11-6-8-20-13(11)17-14)19(3)10-5-4-7-18(2)9-10/h6,8,10H,4-5,7,9H2,1-3H3,(H,15,16,17). The third-order valence-corrected chi connectivity index (χ3v) is 4.82. The summed E-state index contributed by atoms with van der Waals surface area (Å²) in [7, 11) is 6.22. The summed E-state index contributed by atoms with van der Waals surface area (Å²) in [5.74, 6) is 1.74. The number of likely N-dealkylation sites (tertiary alicyclic amines) is 1. The summed E-state index contributed by atoms with van der Waals surface area (Å²) in [5.41, 5.74) is 0. The molecule has 0 aromatic carbocycles. The fourth-order valence-corrected chi connectivity index (χ4v) is 3.61. The van der Waals surface area contributed by atoms with Crippen molar-refractivity contribution in [3.05, 3.63) is 11.4 Å². The Hall–Kier alpha value is -1.40. The van der Waals surface area contributed by atoms with E-state index in [9.17, 15) is 0 Å². The number of anilines is 2. The van der Waals surface area contributed by atoms with Gasteiger partial charge in [-0.1, -0.05) is 0 Å². The first kappa shape index (κ1) is 13.6. The molecule has 1 saturated heterocycles. The van der Waals surface area contributed by atoms with Crippen molar-refractivity contribution in [3.8, 4) is 0 Å². The third-order valence-electron chi connectivity index (χ3n) is 4.01. The summed E-state index contributed by atoms with van der Waals surface area (Å²) in [4.78, 5) is 15.0. The number of nitrogens with zero attached hydrogens (tertiary/aromatic N) is 4. The van der Waals surface area contributed by atoms with Crippen LogP contribution in [0, 0.1) is 0 Å². The summed E-state index contributed by atoms with van der Waals surface area (Å²) in [5, 5.41) is 6.31. The van der Waals surface area contributed by atoms with Gasteiger partial charge in [0.1, 0.15) is 10.6 Å². The molecule has 2 aromatic rings. The lowest BCUT2D eigenvalue weighted by Gasteiger charge is -2.36. The van der Waals surface area contributed by atoms with Crippen LogP contribution in [0.5, 0.6) is 0 Å². The molecule has 1 fully saturated rings. The first-order valence-corrected chi connectivity index (χ1v) is 7.91. The summed E-state index contributed by atoms with van der Waals surface area (Å²) in [6.07, 6.45) is 2.48. The molecule has 6 heteroatoms. The van der Waals surface area contributed by atoms with Crippen molar-refractivity contribution in [2.24, 2.45) is 0 Å². The minimum Gasteiger partial charge on any atom is -0.357 e. The van der Waals surface area contributed by atoms with E-state index >= 15 is 0 Å². The molecule has 0 saturated carbocycles. The average molecular weight is 291 g/mol. The zero-order chi connectivity index (χ0) is 14.1. The molecule has 1 N–H and O–H groups in total. The number of hydrogen-bond donors (Lipinski definition) is 1. The van der Waals surface area contributed by atoms with Gasteiger partial charge in [-0.3, -0.25) is 0 Å².